The lowest BCUT2D eigenvalue weighted by Gasteiger charge is -2.37. The van der Waals surface area contributed by atoms with Crippen LogP contribution in [-0.2, 0) is 19.6 Å². The summed E-state index contributed by atoms with van der Waals surface area (Å²) in [5, 5.41) is 0. The van der Waals surface area contributed by atoms with Crippen LogP contribution in [0.25, 0.3) is 0 Å². The summed E-state index contributed by atoms with van der Waals surface area (Å²) in [5.41, 5.74) is 0. The van der Waals surface area contributed by atoms with E-state index < -0.39 is 10.0 Å². The Bertz CT molecular complexity index is 763. The topological polar surface area (TPSA) is 76.2 Å². The van der Waals surface area contributed by atoms with Crippen molar-refractivity contribution in [3.63, 3.8) is 0 Å². The summed E-state index contributed by atoms with van der Waals surface area (Å²) in [6.45, 7) is 4.62. The van der Waals surface area contributed by atoms with Gasteiger partial charge in [0.25, 0.3) is 0 Å². The molecule has 1 aromatic carbocycles. The first-order valence-electron chi connectivity index (χ1n) is 10.00. The molecule has 2 atom stereocenters. The van der Waals surface area contributed by atoms with Gasteiger partial charge in [0.05, 0.1) is 24.0 Å². The van der Waals surface area contributed by atoms with E-state index in [0.29, 0.717) is 31.9 Å². The van der Waals surface area contributed by atoms with Gasteiger partial charge in [-0.3, -0.25) is 4.79 Å². The molecular weight excluding hydrogens is 380 g/mol. The van der Waals surface area contributed by atoms with Crippen molar-refractivity contribution >= 4 is 15.9 Å². The second kappa shape index (κ2) is 9.24. The molecule has 0 aliphatic carbocycles. The first-order valence-corrected chi connectivity index (χ1v) is 11.4. The molecule has 1 amide bonds. The van der Waals surface area contributed by atoms with E-state index in [9.17, 15) is 13.2 Å². The second-order valence-corrected chi connectivity index (χ2v) is 9.32. The monoisotopic (exact) mass is 410 g/mol. The molecule has 8 heteroatoms. The van der Waals surface area contributed by atoms with Crippen LogP contribution in [0.3, 0.4) is 0 Å². The lowest BCUT2D eigenvalue weighted by Crippen LogP contribution is -2.50. The number of piperidine rings is 2. The number of amides is 1. The zero-order valence-electron chi connectivity index (χ0n) is 16.7. The number of carbonyl (C=O) groups is 1. The van der Waals surface area contributed by atoms with Gasteiger partial charge in [-0.15, -0.1) is 0 Å². The number of methoxy groups -OCH3 is 1. The second-order valence-electron chi connectivity index (χ2n) is 7.38. The third-order valence-corrected chi connectivity index (χ3v) is 7.40. The Hall–Kier alpha value is -1.64. The molecule has 0 radical (unpaired) electrons. The molecule has 0 spiro atoms. The third-order valence-electron chi connectivity index (χ3n) is 5.52. The Morgan fingerprint density at radius 2 is 1.82 bits per heavy atom. The fraction of sp³-hybridized carbons (Fsp3) is 0.650. The van der Waals surface area contributed by atoms with Crippen LogP contribution >= 0.6 is 0 Å². The molecule has 3 rings (SSSR count). The summed E-state index contributed by atoms with van der Waals surface area (Å²) >= 11 is 0. The minimum absolute atomic E-state index is 0.0547. The van der Waals surface area contributed by atoms with Crippen LogP contribution in [-0.4, -0.2) is 69.5 Å². The van der Waals surface area contributed by atoms with Gasteiger partial charge in [0.15, 0.2) is 0 Å². The van der Waals surface area contributed by atoms with E-state index in [0.717, 1.165) is 25.8 Å². The largest absolute Gasteiger partial charge is 0.497 e. The highest BCUT2D eigenvalue weighted by Gasteiger charge is 2.36. The maximum absolute atomic E-state index is 13.0. The summed E-state index contributed by atoms with van der Waals surface area (Å²) in [7, 11) is -2.08. The zero-order chi connectivity index (χ0) is 20.1. The van der Waals surface area contributed by atoms with Crippen LogP contribution in [0.15, 0.2) is 29.2 Å². The Morgan fingerprint density at radius 1 is 1.11 bits per heavy atom. The van der Waals surface area contributed by atoms with Crippen molar-refractivity contribution in [2.24, 2.45) is 5.92 Å². The summed E-state index contributed by atoms with van der Waals surface area (Å²) in [4.78, 5) is 15.1. The van der Waals surface area contributed by atoms with E-state index in [2.05, 4.69) is 0 Å². The Labute approximate surface area is 167 Å². The van der Waals surface area contributed by atoms with E-state index in [1.54, 1.807) is 31.4 Å². The normalized spacial score (nSPS) is 24.1. The predicted octanol–water partition coefficient (Wildman–Crippen LogP) is 2.12. The van der Waals surface area contributed by atoms with Crippen molar-refractivity contribution < 1.29 is 22.7 Å². The molecule has 2 saturated heterocycles. The fourth-order valence-corrected chi connectivity index (χ4v) is 5.55. The fourth-order valence-electron chi connectivity index (χ4n) is 4.03. The van der Waals surface area contributed by atoms with Gasteiger partial charge in [-0.1, -0.05) is 0 Å². The molecule has 0 N–H and O–H groups in total. The van der Waals surface area contributed by atoms with Crippen LogP contribution in [0.1, 0.15) is 32.6 Å². The highest BCUT2D eigenvalue weighted by molar-refractivity contribution is 7.89. The van der Waals surface area contributed by atoms with E-state index >= 15 is 0 Å². The Morgan fingerprint density at radius 3 is 2.50 bits per heavy atom. The minimum atomic E-state index is -3.62. The van der Waals surface area contributed by atoms with Gasteiger partial charge in [0.2, 0.25) is 15.9 Å². The molecule has 28 heavy (non-hydrogen) atoms. The maximum Gasteiger partial charge on any atom is 0.243 e. The molecule has 0 bridgehead atoms. The van der Waals surface area contributed by atoms with Crippen molar-refractivity contribution in [3.05, 3.63) is 24.3 Å². The number of likely N-dealkylation sites (tertiary alicyclic amines) is 1. The summed E-state index contributed by atoms with van der Waals surface area (Å²) in [5.74, 6) is 0.376. The van der Waals surface area contributed by atoms with Crippen molar-refractivity contribution in [1.29, 1.82) is 0 Å². The molecule has 2 aliphatic rings. The number of benzene rings is 1. The quantitative estimate of drug-likeness (QED) is 0.718. The summed E-state index contributed by atoms with van der Waals surface area (Å²) in [6.07, 6.45) is 3.40. The molecule has 0 aromatic heterocycles. The highest BCUT2D eigenvalue weighted by Crippen LogP contribution is 2.27. The molecule has 156 valence electrons. The van der Waals surface area contributed by atoms with Crippen LogP contribution < -0.4 is 4.74 Å². The number of rotatable bonds is 6. The van der Waals surface area contributed by atoms with Gasteiger partial charge in [0, 0.05) is 32.8 Å². The number of sulfonamides is 1. The van der Waals surface area contributed by atoms with Gasteiger partial charge in [-0.05, 0) is 56.9 Å². The molecule has 2 aliphatic heterocycles. The smallest absolute Gasteiger partial charge is 0.243 e. The SMILES string of the molecule is CCOC1CCCN(C(=O)C2CCCN(S(=O)(=O)c3ccc(OC)cc3)C2)C1. The molecule has 1 aromatic rings. The van der Waals surface area contributed by atoms with E-state index in [4.69, 9.17) is 9.47 Å². The summed E-state index contributed by atoms with van der Waals surface area (Å²) in [6, 6.07) is 6.38. The van der Waals surface area contributed by atoms with Crippen molar-refractivity contribution in [1.82, 2.24) is 9.21 Å². The lowest BCUT2D eigenvalue weighted by atomic mass is 9.96. The zero-order valence-corrected chi connectivity index (χ0v) is 17.5. The summed E-state index contributed by atoms with van der Waals surface area (Å²) < 4.78 is 38.3. The van der Waals surface area contributed by atoms with Crippen LogP contribution in [0.2, 0.25) is 0 Å². The lowest BCUT2D eigenvalue weighted by molar-refractivity contribution is -0.140. The number of hydrogen-bond acceptors (Lipinski definition) is 5. The average molecular weight is 411 g/mol. The highest BCUT2D eigenvalue weighted by atomic mass is 32.2. The Balaban J connectivity index is 1.68. The molecule has 7 nitrogen and oxygen atoms in total. The third kappa shape index (κ3) is 4.67. The van der Waals surface area contributed by atoms with Gasteiger partial charge < -0.3 is 14.4 Å². The van der Waals surface area contributed by atoms with Crippen LogP contribution in [0.5, 0.6) is 5.75 Å². The first kappa shape index (κ1) is 21.1. The van der Waals surface area contributed by atoms with Crippen molar-refractivity contribution in [3.8, 4) is 5.75 Å². The van der Waals surface area contributed by atoms with Crippen molar-refractivity contribution in [2.75, 3.05) is 39.9 Å². The van der Waals surface area contributed by atoms with Gasteiger partial charge in [-0.25, -0.2) is 8.42 Å². The average Bonchev–Trinajstić information content (AvgIpc) is 2.74. The Kier molecular flexibility index (Phi) is 6.95. The van der Waals surface area contributed by atoms with Gasteiger partial charge in [-0.2, -0.15) is 4.31 Å². The molecule has 2 heterocycles. The standard InChI is InChI=1S/C20H30N2O5S/c1-3-27-18-7-5-12-21(15-18)20(23)16-6-4-13-22(14-16)28(24,25)19-10-8-17(26-2)9-11-19/h8-11,16,18H,3-7,12-15H2,1-2H3. The molecule has 0 saturated carbocycles. The van der Waals surface area contributed by atoms with Crippen LogP contribution in [0, 0.1) is 5.92 Å². The van der Waals surface area contributed by atoms with Gasteiger partial charge in [0.1, 0.15) is 5.75 Å². The van der Waals surface area contributed by atoms with E-state index in [-0.39, 0.29) is 29.4 Å². The van der Waals surface area contributed by atoms with Crippen molar-refractivity contribution in [2.45, 2.75) is 43.6 Å². The van der Waals surface area contributed by atoms with E-state index in [1.165, 1.54) is 4.31 Å². The number of carbonyl (C=O) groups excluding carboxylic acids is 1. The number of hydrogen-bond donors (Lipinski definition) is 0. The molecule has 2 unspecified atom stereocenters. The van der Waals surface area contributed by atoms with Crippen LogP contribution in [0.4, 0.5) is 0 Å². The molecular formula is C20H30N2O5S. The van der Waals surface area contributed by atoms with E-state index in [1.807, 2.05) is 11.8 Å². The van der Waals surface area contributed by atoms with Gasteiger partial charge >= 0.3 is 0 Å². The predicted molar refractivity (Wildman–Crippen MR) is 106 cm³/mol. The molecule has 2 fully saturated rings. The maximum atomic E-state index is 13.0. The number of ether oxygens (including phenoxy) is 2. The minimum Gasteiger partial charge on any atom is -0.497 e. The first-order chi connectivity index (χ1) is 13.5. The number of nitrogens with zero attached hydrogens (tertiary/aromatic N) is 2.